The van der Waals surface area contributed by atoms with E-state index in [4.69, 9.17) is 4.74 Å². The van der Waals surface area contributed by atoms with Crippen LogP contribution in [0.4, 0.5) is 0 Å². The number of hydrogen-bond acceptors (Lipinski definition) is 5. The third-order valence-corrected chi connectivity index (χ3v) is 5.98. The van der Waals surface area contributed by atoms with E-state index in [-0.39, 0.29) is 11.5 Å². The first-order valence-corrected chi connectivity index (χ1v) is 9.86. The maximum atomic E-state index is 12.7. The van der Waals surface area contributed by atoms with E-state index in [1.54, 1.807) is 4.57 Å². The number of rotatable bonds is 5. The molecule has 3 aromatic rings. The highest BCUT2D eigenvalue weighted by Crippen LogP contribution is 2.28. The van der Waals surface area contributed by atoms with Crippen molar-refractivity contribution in [2.45, 2.75) is 33.2 Å². The summed E-state index contributed by atoms with van der Waals surface area (Å²) in [4.78, 5) is 31.1. The Morgan fingerprint density at radius 2 is 2.07 bits per heavy atom. The molecule has 0 atom stereocenters. The molecule has 3 heterocycles. The Bertz CT molecular complexity index is 1070. The van der Waals surface area contributed by atoms with Crippen molar-refractivity contribution in [2.24, 2.45) is 0 Å². The van der Waals surface area contributed by atoms with Gasteiger partial charge in [-0.15, -0.1) is 11.3 Å². The average Bonchev–Trinajstić information content (AvgIpc) is 3.25. The van der Waals surface area contributed by atoms with Gasteiger partial charge in [0.15, 0.2) is 0 Å². The fourth-order valence-electron chi connectivity index (χ4n) is 3.34. The van der Waals surface area contributed by atoms with E-state index in [0.29, 0.717) is 40.4 Å². The number of aryl methyl sites for hydroxylation is 3. The van der Waals surface area contributed by atoms with Gasteiger partial charge in [-0.25, -0.2) is 4.98 Å². The zero-order chi connectivity index (χ0) is 19.0. The normalized spacial score (nSPS) is 13.0. The largest absolute Gasteiger partial charge is 0.492 e. The van der Waals surface area contributed by atoms with Crippen molar-refractivity contribution in [1.82, 2.24) is 14.9 Å². The molecule has 0 bridgehead atoms. The van der Waals surface area contributed by atoms with Crippen LogP contribution in [0.25, 0.3) is 10.2 Å². The minimum Gasteiger partial charge on any atom is -0.492 e. The van der Waals surface area contributed by atoms with Gasteiger partial charge in [0, 0.05) is 13.0 Å². The smallest absolute Gasteiger partial charge is 0.262 e. The van der Waals surface area contributed by atoms with E-state index in [0.717, 1.165) is 24.4 Å². The molecule has 1 N–H and O–H groups in total. The topological polar surface area (TPSA) is 73.2 Å². The second-order valence-electron chi connectivity index (χ2n) is 6.74. The highest BCUT2D eigenvalue weighted by Gasteiger charge is 2.23. The van der Waals surface area contributed by atoms with Crippen molar-refractivity contribution in [3.05, 3.63) is 56.4 Å². The predicted octanol–water partition coefficient (Wildman–Crippen LogP) is 2.83. The lowest BCUT2D eigenvalue weighted by molar-refractivity contribution is 0.0950. The molecule has 7 heteroatoms. The summed E-state index contributed by atoms with van der Waals surface area (Å²) >= 11 is 1.29. The number of nitrogens with one attached hydrogen (secondary N) is 1. The van der Waals surface area contributed by atoms with Crippen LogP contribution in [-0.4, -0.2) is 28.6 Å². The molecule has 140 valence electrons. The van der Waals surface area contributed by atoms with Crippen LogP contribution >= 0.6 is 11.3 Å². The van der Waals surface area contributed by atoms with Crippen molar-refractivity contribution in [3.8, 4) is 5.75 Å². The molecule has 0 unspecified atom stereocenters. The van der Waals surface area contributed by atoms with Gasteiger partial charge in [-0.1, -0.05) is 17.7 Å². The maximum absolute atomic E-state index is 12.7. The molecule has 6 nitrogen and oxygen atoms in total. The molecule has 0 radical (unpaired) electrons. The monoisotopic (exact) mass is 383 g/mol. The van der Waals surface area contributed by atoms with Gasteiger partial charge in [0.2, 0.25) is 0 Å². The molecule has 1 aliphatic rings. The minimum absolute atomic E-state index is 0.0250. The van der Waals surface area contributed by atoms with E-state index in [2.05, 4.69) is 10.3 Å². The molecular weight excluding hydrogens is 362 g/mol. The van der Waals surface area contributed by atoms with Crippen molar-refractivity contribution < 1.29 is 9.53 Å². The Balaban J connectivity index is 1.45. The number of nitrogens with zero attached hydrogens (tertiary/aromatic N) is 2. The van der Waals surface area contributed by atoms with Crippen LogP contribution in [0, 0.1) is 13.8 Å². The van der Waals surface area contributed by atoms with Gasteiger partial charge in [-0.3, -0.25) is 14.2 Å². The molecule has 0 spiro atoms. The second kappa shape index (κ2) is 7.15. The number of carbonyl (C=O) groups is 1. The first-order chi connectivity index (χ1) is 13.0. The zero-order valence-electron chi connectivity index (χ0n) is 15.4. The number of carbonyl (C=O) groups excluding carboxylic acids is 1. The summed E-state index contributed by atoms with van der Waals surface area (Å²) in [5.74, 6) is 1.42. The first kappa shape index (κ1) is 17.7. The lowest BCUT2D eigenvalue weighted by atomic mass is 10.2. The summed E-state index contributed by atoms with van der Waals surface area (Å²) < 4.78 is 7.37. The van der Waals surface area contributed by atoms with Crippen LogP contribution in [-0.2, 0) is 13.0 Å². The number of fused-ring (bicyclic) bond motifs is 2. The highest BCUT2D eigenvalue weighted by atomic mass is 32.1. The van der Waals surface area contributed by atoms with Gasteiger partial charge in [0.05, 0.1) is 16.8 Å². The van der Waals surface area contributed by atoms with E-state index in [9.17, 15) is 9.59 Å². The lowest BCUT2D eigenvalue weighted by Gasteiger charge is -2.07. The molecule has 0 fully saturated rings. The second-order valence-corrected chi connectivity index (χ2v) is 7.74. The number of ether oxygens (including phenoxy) is 1. The standard InChI is InChI=1S/C20H21N3O3S/c1-12-5-7-14(8-6-12)26-11-9-21-18(24)17-13(2)16-19(27-17)22-15-4-3-10-23(15)20(16)25/h5-8H,3-4,9-11H2,1-2H3,(H,21,24). The van der Waals surface area contributed by atoms with Crippen molar-refractivity contribution in [1.29, 1.82) is 0 Å². The maximum Gasteiger partial charge on any atom is 0.262 e. The quantitative estimate of drug-likeness (QED) is 0.688. The Morgan fingerprint density at radius 3 is 2.85 bits per heavy atom. The van der Waals surface area contributed by atoms with E-state index in [1.165, 1.54) is 16.9 Å². The Hall–Kier alpha value is -2.67. The molecule has 4 rings (SSSR count). The molecule has 1 aliphatic heterocycles. The summed E-state index contributed by atoms with van der Waals surface area (Å²) in [6.45, 7) is 5.33. The Morgan fingerprint density at radius 1 is 1.30 bits per heavy atom. The van der Waals surface area contributed by atoms with Crippen molar-refractivity contribution >= 4 is 27.5 Å². The van der Waals surface area contributed by atoms with Crippen molar-refractivity contribution in [3.63, 3.8) is 0 Å². The van der Waals surface area contributed by atoms with E-state index < -0.39 is 0 Å². The third-order valence-electron chi connectivity index (χ3n) is 4.80. The SMILES string of the molecule is Cc1ccc(OCCNC(=O)c2sc3nc4n(c(=O)c3c2C)CCC4)cc1. The minimum atomic E-state index is -0.187. The number of benzene rings is 1. The summed E-state index contributed by atoms with van der Waals surface area (Å²) in [6.07, 6.45) is 1.77. The first-order valence-electron chi connectivity index (χ1n) is 9.05. The molecule has 0 saturated heterocycles. The Labute approximate surface area is 160 Å². The van der Waals surface area contributed by atoms with Gasteiger partial charge in [0.25, 0.3) is 11.5 Å². The molecule has 2 aromatic heterocycles. The summed E-state index contributed by atoms with van der Waals surface area (Å²) in [5.41, 5.74) is 1.86. The summed E-state index contributed by atoms with van der Waals surface area (Å²) in [7, 11) is 0. The van der Waals surface area contributed by atoms with Crippen LogP contribution in [0.3, 0.4) is 0 Å². The molecule has 0 aliphatic carbocycles. The van der Waals surface area contributed by atoms with E-state index >= 15 is 0 Å². The Kier molecular flexibility index (Phi) is 4.70. The van der Waals surface area contributed by atoms with Crippen molar-refractivity contribution in [2.75, 3.05) is 13.2 Å². The molecule has 27 heavy (non-hydrogen) atoms. The van der Waals surface area contributed by atoms with Gasteiger partial charge in [0.1, 0.15) is 23.0 Å². The fraction of sp³-hybridized carbons (Fsp3) is 0.350. The van der Waals surface area contributed by atoms with Gasteiger partial charge < -0.3 is 10.1 Å². The van der Waals surface area contributed by atoms with Crippen LogP contribution in [0.2, 0.25) is 0 Å². The van der Waals surface area contributed by atoms with Crippen LogP contribution in [0.1, 0.15) is 33.0 Å². The van der Waals surface area contributed by atoms with Gasteiger partial charge >= 0.3 is 0 Å². The van der Waals surface area contributed by atoms with Gasteiger partial charge in [-0.2, -0.15) is 0 Å². The predicted molar refractivity (Wildman–Crippen MR) is 106 cm³/mol. The number of thiophene rings is 1. The zero-order valence-corrected chi connectivity index (χ0v) is 16.2. The van der Waals surface area contributed by atoms with Crippen LogP contribution in [0.5, 0.6) is 5.75 Å². The number of hydrogen-bond donors (Lipinski definition) is 1. The fourth-order valence-corrected chi connectivity index (χ4v) is 4.45. The molecule has 1 aromatic carbocycles. The highest BCUT2D eigenvalue weighted by molar-refractivity contribution is 7.20. The molecular formula is C20H21N3O3S. The van der Waals surface area contributed by atoms with Gasteiger partial charge in [-0.05, 0) is 38.0 Å². The van der Waals surface area contributed by atoms with Crippen LogP contribution in [0.15, 0.2) is 29.1 Å². The summed E-state index contributed by atoms with van der Waals surface area (Å²) in [6, 6.07) is 7.78. The number of amides is 1. The lowest BCUT2D eigenvalue weighted by Crippen LogP contribution is -2.28. The molecule has 1 amide bonds. The number of aromatic nitrogens is 2. The average molecular weight is 383 g/mol. The third kappa shape index (κ3) is 3.35. The van der Waals surface area contributed by atoms with Crippen LogP contribution < -0.4 is 15.6 Å². The molecule has 0 saturated carbocycles. The van der Waals surface area contributed by atoms with E-state index in [1.807, 2.05) is 38.1 Å². The summed E-state index contributed by atoms with van der Waals surface area (Å²) in [5, 5.41) is 3.44.